The molecule has 0 N–H and O–H groups in total. The highest BCUT2D eigenvalue weighted by Crippen LogP contribution is 2.56. The molecule has 0 aromatic heterocycles. The first-order chi connectivity index (χ1) is 6.25. The van der Waals surface area contributed by atoms with Crippen molar-refractivity contribution in [3.8, 4) is 0 Å². The van der Waals surface area contributed by atoms with Crippen LogP contribution >= 0.6 is 0 Å². The van der Waals surface area contributed by atoms with Crippen LogP contribution in [0.4, 0.5) is 0 Å². The summed E-state index contributed by atoms with van der Waals surface area (Å²) in [6, 6.07) is 7.02. The van der Waals surface area contributed by atoms with Gasteiger partial charge < -0.3 is 0 Å². The van der Waals surface area contributed by atoms with Gasteiger partial charge in [-0.3, -0.25) is 0 Å². The van der Waals surface area contributed by atoms with Crippen LogP contribution in [0.3, 0.4) is 0 Å². The summed E-state index contributed by atoms with van der Waals surface area (Å²) in [5.74, 6) is 2.88. The van der Waals surface area contributed by atoms with E-state index in [4.69, 9.17) is 0 Å². The van der Waals surface area contributed by atoms with Crippen LogP contribution in [0.25, 0.3) is 0 Å². The van der Waals surface area contributed by atoms with E-state index in [2.05, 4.69) is 32.0 Å². The van der Waals surface area contributed by atoms with E-state index < -0.39 is 0 Å². The molecule has 0 aliphatic heterocycles. The third-order valence-corrected chi connectivity index (χ3v) is 3.81. The lowest BCUT2D eigenvalue weighted by atomic mass is 9.84. The Morgan fingerprint density at radius 3 is 3.00 bits per heavy atom. The van der Waals surface area contributed by atoms with Crippen molar-refractivity contribution in [2.75, 3.05) is 0 Å². The molecular weight excluding hydrogens is 156 g/mol. The van der Waals surface area contributed by atoms with Crippen molar-refractivity contribution >= 4 is 0 Å². The first-order valence-corrected chi connectivity index (χ1v) is 5.35. The molecule has 68 valence electrons. The van der Waals surface area contributed by atoms with E-state index in [1.807, 2.05) is 0 Å². The minimum atomic E-state index is 0.930. The molecule has 2 aliphatic carbocycles. The monoisotopic (exact) mass is 172 g/mol. The van der Waals surface area contributed by atoms with Crippen molar-refractivity contribution < 1.29 is 0 Å². The van der Waals surface area contributed by atoms with Gasteiger partial charge in [-0.1, -0.05) is 30.7 Å². The standard InChI is InChI=1S/C13H16/c1-8-3-4-11-10(5-8)6-9(2)12-7-13(11)12/h3-5,9,12-13H,6-7H2,1-2H3. The van der Waals surface area contributed by atoms with E-state index in [1.165, 1.54) is 18.4 Å². The molecule has 3 rings (SSSR count). The number of rotatable bonds is 0. The fourth-order valence-electron chi connectivity index (χ4n) is 2.97. The summed E-state index contributed by atoms with van der Waals surface area (Å²) in [6.45, 7) is 4.61. The fourth-order valence-corrected chi connectivity index (χ4v) is 2.97. The van der Waals surface area contributed by atoms with E-state index >= 15 is 0 Å². The van der Waals surface area contributed by atoms with Gasteiger partial charge in [0.2, 0.25) is 0 Å². The molecular formula is C13H16. The average Bonchev–Trinajstić information content (AvgIpc) is 2.83. The van der Waals surface area contributed by atoms with Crippen molar-refractivity contribution in [2.45, 2.75) is 32.6 Å². The van der Waals surface area contributed by atoms with Gasteiger partial charge >= 0.3 is 0 Å². The van der Waals surface area contributed by atoms with Crippen molar-refractivity contribution in [3.05, 3.63) is 34.9 Å². The molecule has 3 atom stereocenters. The average molecular weight is 172 g/mol. The lowest BCUT2D eigenvalue weighted by molar-refractivity contribution is 0.474. The highest BCUT2D eigenvalue weighted by molar-refractivity contribution is 5.40. The van der Waals surface area contributed by atoms with E-state index in [1.54, 1.807) is 11.1 Å². The first-order valence-electron chi connectivity index (χ1n) is 5.35. The number of hydrogen-bond acceptors (Lipinski definition) is 0. The van der Waals surface area contributed by atoms with Gasteiger partial charge in [-0.15, -0.1) is 0 Å². The molecule has 0 amide bonds. The zero-order chi connectivity index (χ0) is 9.00. The van der Waals surface area contributed by atoms with Crippen LogP contribution in [0.5, 0.6) is 0 Å². The molecule has 1 aromatic rings. The normalized spacial score (nSPS) is 35.1. The van der Waals surface area contributed by atoms with Crippen LogP contribution in [0.15, 0.2) is 18.2 Å². The van der Waals surface area contributed by atoms with E-state index in [0.29, 0.717) is 0 Å². The maximum atomic E-state index is 2.41. The second kappa shape index (κ2) is 2.37. The van der Waals surface area contributed by atoms with Gasteiger partial charge in [-0.25, -0.2) is 0 Å². The molecule has 0 spiro atoms. The Morgan fingerprint density at radius 1 is 1.31 bits per heavy atom. The molecule has 3 unspecified atom stereocenters. The Balaban J connectivity index is 2.09. The van der Waals surface area contributed by atoms with Crippen LogP contribution in [-0.2, 0) is 6.42 Å². The summed E-state index contributed by atoms with van der Waals surface area (Å²) in [7, 11) is 0. The maximum absolute atomic E-state index is 2.41. The van der Waals surface area contributed by atoms with Crippen LogP contribution < -0.4 is 0 Å². The van der Waals surface area contributed by atoms with Gasteiger partial charge in [0, 0.05) is 0 Å². The minimum Gasteiger partial charge on any atom is -0.0619 e. The molecule has 1 fully saturated rings. The molecule has 1 saturated carbocycles. The maximum Gasteiger partial charge on any atom is -0.0125 e. The highest BCUT2D eigenvalue weighted by atomic mass is 14.5. The lowest BCUT2D eigenvalue weighted by Gasteiger charge is -2.21. The predicted molar refractivity (Wildman–Crippen MR) is 54.9 cm³/mol. The summed E-state index contributed by atoms with van der Waals surface area (Å²) >= 11 is 0. The Bertz CT molecular complexity index is 351. The van der Waals surface area contributed by atoms with Crippen LogP contribution in [0.1, 0.15) is 36.0 Å². The van der Waals surface area contributed by atoms with Crippen LogP contribution in [-0.4, -0.2) is 0 Å². The van der Waals surface area contributed by atoms with Crippen LogP contribution in [0, 0.1) is 18.8 Å². The molecule has 0 bridgehead atoms. The number of fused-ring (bicyclic) bond motifs is 3. The van der Waals surface area contributed by atoms with Gasteiger partial charge in [0.15, 0.2) is 0 Å². The number of aryl methyl sites for hydroxylation is 1. The Hall–Kier alpha value is -0.780. The summed E-state index contributed by atoms with van der Waals surface area (Å²) in [4.78, 5) is 0. The van der Waals surface area contributed by atoms with Crippen LogP contribution in [0.2, 0.25) is 0 Å². The van der Waals surface area contributed by atoms with Gasteiger partial charge in [0.25, 0.3) is 0 Å². The summed E-state index contributed by atoms with van der Waals surface area (Å²) < 4.78 is 0. The minimum absolute atomic E-state index is 0.930. The largest absolute Gasteiger partial charge is 0.0619 e. The molecule has 0 saturated heterocycles. The Labute approximate surface area is 80.0 Å². The summed E-state index contributed by atoms with van der Waals surface area (Å²) in [5, 5.41) is 0. The SMILES string of the molecule is Cc1ccc2c(c1)CC(C)C1CC21. The molecule has 13 heavy (non-hydrogen) atoms. The number of benzene rings is 1. The highest BCUT2D eigenvalue weighted by Gasteiger charge is 2.45. The number of hydrogen-bond donors (Lipinski definition) is 0. The fraction of sp³-hybridized carbons (Fsp3) is 0.538. The summed E-state index contributed by atoms with van der Waals surface area (Å²) in [5.41, 5.74) is 4.71. The third kappa shape index (κ3) is 1.04. The second-order valence-electron chi connectivity index (χ2n) is 4.89. The smallest absolute Gasteiger partial charge is 0.0125 e. The van der Waals surface area contributed by atoms with Crippen molar-refractivity contribution in [1.29, 1.82) is 0 Å². The molecule has 0 radical (unpaired) electrons. The molecule has 2 aliphatic rings. The Kier molecular flexibility index (Phi) is 1.39. The third-order valence-electron chi connectivity index (χ3n) is 3.81. The van der Waals surface area contributed by atoms with Gasteiger partial charge in [0.05, 0.1) is 0 Å². The molecule has 0 heteroatoms. The predicted octanol–water partition coefficient (Wildman–Crippen LogP) is 3.29. The molecule has 1 aromatic carbocycles. The topological polar surface area (TPSA) is 0 Å². The quantitative estimate of drug-likeness (QED) is 0.563. The second-order valence-corrected chi connectivity index (χ2v) is 4.89. The summed E-state index contributed by atoms with van der Waals surface area (Å²) in [6.07, 6.45) is 2.77. The zero-order valence-electron chi connectivity index (χ0n) is 8.38. The van der Waals surface area contributed by atoms with E-state index in [-0.39, 0.29) is 0 Å². The molecule has 0 nitrogen and oxygen atoms in total. The van der Waals surface area contributed by atoms with Gasteiger partial charge in [-0.05, 0) is 48.6 Å². The van der Waals surface area contributed by atoms with Crippen molar-refractivity contribution in [2.24, 2.45) is 11.8 Å². The zero-order valence-corrected chi connectivity index (χ0v) is 8.38. The molecule has 0 heterocycles. The Morgan fingerprint density at radius 2 is 2.15 bits per heavy atom. The van der Waals surface area contributed by atoms with E-state index in [0.717, 1.165) is 17.8 Å². The van der Waals surface area contributed by atoms with E-state index in [9.17, 15) is 0 Å². The lowest BCUT2D eigenvalue weighted by Crippen LogP contribution is -2.11. The first kappa shape index (κ1) is 7.61. The van der Waals surface area contributed by atoms with Gasteiger partial charge in [-0.2, -0.15) is 0 Å². The van der Waals surface area contributed by atoms with Crippen molar-refractivity contribution in [1.82, 2.24) is 0 Å². The van der Waals surface area contributed by atoms with Crippen molar-refractivity contribution in [3.63, 3.8) is 0 Å². The van der Waals surface area contributed by atoms with Gasteiger partial charge in [0.1, 0.15) is 0 Å².